The smallest absolute Gasteiger partial charge is 0.256 e. The molecule has 3 nitrogen and oxygen atoms in total. The van der Waals surface area contributed by atoms with Gasteiger partial charge in [-0.3, -0.25) is 4.79 Å². The Balaban J connectivity index is 1.73. The van der Waals surface area contributed by atoms with E-state index in [4.69, 9.17) is 23.2 Å². The molecular weight excluding hydrogens is 327 g/mol. The molecule has 0 bridgehead atoms. The van der Waals surface area contributed by atoms with E-state index in [0.29, 0.717) is 10.0 Å². The quantitative estimate of drug-likeness (QED) is 0.809. The Labute approximate surface area is 136 Å². The summed E-state index contributed by atoms with van der Waals surface area (Å²) in [5, 5.41) is 8.48. The molecule has 1 aliphatic carbocycles. The minimum absolute atomic E-state index is 0.0147. The van der Waals surface area contributed by atoms with Crippen molar-refractivity contribution in [3.63, 3.8) is 0 Å². The molecule has 21 heavy (non-hydrogen) atoms. The fourth-order valence-corrected chi connectivity index (χ4v) is 4.84. The molecular formula is C15H12Cl2N2OS. The van der Waals surface area contributed by atoms with Crippen LogP contribution in [-0.2, 0) is 12.8 Å². The Hall–Kier alpha value is -1.23. The lowest BCUT2D eigenvalue weighted by Gasteiger charge is -2.27. The summed E-state index contributed by atoms with van der Waals surface area (Å²) in [5.41, 5.74) is 2.88. The fourth-order valence-electron chi connectivity index (χ4n) is 3.01. The lowest BCUT2D eigenvalue weighted by atomic mass is 10.1. The lowest BCUT2D eigenvalue weighted by molar-refractivity contribution is 0.0935. The van der Waals surface area contributed by atoms with Crippen molar-refractivity contribution in [2.75, 3.05) is 5.32 Å². The van der Waals surface area contributed by atoms with Crippen LogP contribution in [0.1, 0.15) is 38.9 Å². The number of benzene rings is 1. The summed E-state index contributed by atoms with van der Waals surface area (Å²) in [4.78, 5) is 13.8. The Bertz CT molecular complexity index is 756. The highest BCUT2D eigenvalue weighted by Gasteiger charge is 2.33. The average molecular weight is 339 g/mol. The first-order valence-corrected chi connectivity index (χ1v) is 8.37. The molecule has 1 atom stereocenters. The second-order valence-corrected chi connectivity index (χ2v) is 7.23. The zero-order chi connectivity index (χ0) is 14.6. The molecule has 6 heteroatoms. The van der Waals surface area contributed by atoms with E-state index in [-0.39, 0.29) is 12.1 Å². The molecule has 108 valence electrons. The number of anilines is 1. The maximum absolute atomic E-state index is 12.5. The van der Waals surface area contributed by atoms with Gasteiger partial charge in [-0.2, -0.15) is 0 Å². The van der Waals surface area contributed by atoms with E-state index in [1.165, 1.54) is 10.4 Å². The van der Waals surface area contributed by atoms with Crippen molar-refractivity contribution in [2.24, 2.45) is 0 Å². The monoisotopic (exact) mass is 338 g/mol. The number of nitrogens with one attached hydrogen (secondary N) is 2. The summed E-state index contributed by atoms with van der Waals surface area (Å²) in [5.74, 6) is -0.0147. The third kappa shape index (κ3) is 2.13. The number of rotatable bonds is 1. The standard InChI is InChI=1S/C15H12Cl2N2OS/c16-7-4-5-8(10(17)6-7)13-18-14(20)12-9-2-1-3-11(9)21-15(12)19-13/h4-6,13,19H,1-3H2,(H,18,20). The fraction of sp³-hybridized carbons (Fsp3) is 0.267. The van der Waals surface area contributed by atoms with Crippen molar-refractivity contribution in [1.29, 1.82) is 0 Å². The number of thiophene rings is 1. The van der Waals surface area contributed by atoms with Gasteiger partial charge in [0.25, 0.3) is 5.91 Å². The highest BCUT2D eigenvalue weighted by Crippen LogP contribution is 2.42. The third-order valence-electron chi connectivity index (χ3n) is 3.97. The number of amides is 1. The minimum Gasteiger partial charge on any atom is -0.353 e. The first-order chi connectivity index (χ1) is 10.1. The zero-order valence-corrected chi connectivity index (χ0v) is 13.3. The lowest BCUT2D eigenvalue weighted by Crippen LogP contribution is -2.38. The first kappa shape index (κ1) is 13.4. The summed E-state index contributed by atoms with van der Waals surface area (Å²) in [7, 11) is 0. The number of carbonyl (C=O) groups excluding carboxylic acids is 1. The molecule has 0 radical (unpaired) electrons. The zero-order valence-electron chi connectivity index (χ0n) is 11.0. The van der Waals surface area contributed by atoms with Gasteiger partial charge in [-0.05, 0) is 37.0 Å². The van der Waals surface area contributed by atoms with Crippen LogP contribution in [0.2, 0.25) is 10.0 Å². The number of hydrogen-bond donors (Lipinski definition) is 2. The van der Waals surface area contributed by atoms with Gasteiger partial charge in [0.15, 0.2) is 0 Å². The van der Waals surface area contributed by atoms with Gasteiger partial charge in [-0.1, -0.05) is 29.3 Å². The van der Waals surface area contributed by atoms with E-state index in [1.54, 1.807) is 23.5 Å². The van der Waals surface area contributed by atoms with E-state index in [0.717, 1.165) is 35.4 Å². The predicted molar refractivity (Wildman–Crippen MR) is 86.6 cm³/mol. The Kier molecular flexibility index (Phi) is 3.14. The molecule has 1 aromatic carbocycles. The van der Waals surface area contributed by atoms with Crippen LogP contribution in [0.3, 0.4) is 0 Å². The third-order valence-corrected chi connectivity index (χ3v) is 5.76. The Morgan fingerprint density at radius 3 is 2.86 bits per heavy atom. The van der Waals surface area contributed by atoms with Crippen molar-refractivity contribution in [3.05, 3.63) is 49.8 Å². The first-order valence-electron chi connectivity index (χ1n) is 6.80. The Morgan fingerprint density at radius 2 is 2.05 bits per heavy atom. The van der Waals surface area contributed by atoms with E-state index < -0.39 is 0 Å². The number of aryl methyl sites for hydroxylation is 1. The van der Waals surface area contributed by atoms with E-state index >= 15 is 0 Å². The molecule has 1 unspecified atom stereocenters. The largest absolute Gasteiger partial charge is 0.353 e. The number of hydrogen-bond acceptors (Lipinski definition) is 3. The van der Waals surface area contributed by atoms with Crippen LogP contribution in [0, 0.1) is 0 Å². The molecule has 1 amide bonds. The van der Waals surface area contributed by atoms with E-state index in [1.807, 2.05) is 6.07 Å². The molecule has 2 N–H and O–H groups in total. The van der Waals surface area contributed by atoms with Gasteiger partial charge in [0.2, 0.25) is 0 Å². The Morgan fingerprint density at radius 1 is 1.19 bits per heavy atom. The molecule has 4 rings (SSSR count). The van der Waals surface area contributed by atoms with Crippen LogP contribution < -0.4 is 10.6 Å². The molecule has 0 saturated carbocycles. The second-order valence-electron chi connectivity index (χ2n) is 5.28. The molecule has 2 aliphatic rings. The highest BCUT2D eigenvalue weighted by atomic mass is 35.5. The molecule has 1 aromatic heterocycles. The van der Waals surface area contributed by atoms with Crippen LogP contribution in [0.5, 0.6) is 0 Å². The minimum atomic E-state index is -0.312. The SMILES string of the molecule is O=C1NC(c2ccc(Cl)cc2Cl)Nc2sc3c(c21)CCC3. The number of halogens is 2. The van der Waals surface area contributed by atoms with Gasteiger partial charge >= 0.3 is 0 Å². The molecule has 2 aromatic rings. The topological polar surface area (TPSA) is 41.1 Å². The number of carbonyl (C=O) groups is 1. The van der Waals surface area contributed by atoms with Crippen LogP contribution >= 0.6 is 34.5 Å². The molecule has 2 heterocycles. The van der Waals surface area contributed by atoms with E-state index in [2.05, 4.69) is 10.6 Å². The maximum Gasteiger partial charge on any atom is 0.256 e. The summed E-state index contributed by atoms with van der Waals surface area (Å²) >= 11 is 13.9. The molecule has 0 fully saturated rings. The average Bonchev–Trinajstić information content (AvgIpc) is 2.98. The van der Waals surface area contributed by atoms with Gasteiger partial charge in [-0.15, -0.1) is 11.3 Å². The molecule has 0 spiro atoms. The summed E-state index contributed by atoms with van der Waals surface area (Å²) in [6.07, 6.45) is 2.92. The van der Waals surface area contributed by atoms with Crippen LogP contribution in [0.15, 0.2) is 18.2 Å². The normalized spacial score (nSPS) is 19.7. The van der Waals surface area contributed by atoms with Crippen molar-refractivity contribution >= 4 is 45.4 Å². The van der Waals surface area contributed by atoms with Gasteiger partial charge < -0.3 is 10.6 Å². The molecule has 0 saturated heterocycles. The van der Waals surface area contributed by atoms with Crippen LogP contribution in [0.4, 0.5) is 5.00 Å². The van der Waals surface area contributed by atoms with Crippen LogP contribution in [-0.4, -0.2) is 5.91 Å². The van der Waals surface area contributed by atoms with Gasteiger partial charge in [0.05, 0.1) is 5.56 Å². The summed E-state index contributed by atoms with van der Waals surface area (Å²) < 4.78 is 0. The highest BCUT2D eigenvalue weighted by molar-refractivity contribution is 7.16. The summed E-state index contributed by atoms with van der Waals surface area (Å²) in [6, 6.07) is 5.31. The van der Waals surface area contributed by atoms with Crippen molar-refractivity contribution < 1.29 is 4.79 Å². The van der Waals surface area contributed by atoms with E-state index in [9.17, 15) is 4.79 Å². The second kappa shape index (κ2) is 4.90. The van der Waals surface area contributed by atoms with Crippen molar-refractivity contribution in [1.82, 2.24) is 5.32 Å². The van der Waals surface area contributed by atoms with Gasteiger partial charge in [0, 0.05) is 20.5 Å². The maximum atomic E-state index is 12.5. The van der Waals surface area contributed by atoms with Crippen LogP contribution in [0.25, 0.3) is 0 Å². The molecule has 1 aliphatic heterocycles. The summed E-state index contributed by atoms with van der Waals surface area (Å²) in [6.45, 7) is 0. The predicted octanol–water partition coefficient (Wildman–Crippen LogP) is 4.40. The van der Waals surface area contributed by atoms with Gasteiger partial charge in [-0.25, -0.2) is 0 Å². The van der Waals surface area contributed by atoms with Crippen molar-refractivity contribution in [2.45, 2.75) is 25.4 Å². The van der Waals surface area contributed by atoms with Crippen molar-refractivity contribution in [3.8, 4) is 0 Å². The van der Waals surface area contributed by atoms with Gasteiger partial charge in [0.1, 0.15) is 11.2 Å². The number of fused-ring (bicyclic) bond motifs is 3.